The van der Waals surface area contributed by atoms with Gasteiger partial charge in [-0.3, -0.25) is 9.11 Å². The first kappa shape index (κ1) is 15.9. The fourth-order valence-electron chi connectivity index (χ4n) is 1.24. The molecule has 0 saturated carbocycles. The Kier molecular flexibility index (Phi) is 5.17. The second kappa shape index (κ2) is 5.52. The summed E-state index contributed by atoms with van der Waals surface area (Å²) in [4.78, 5) is 0. The third kappa shape index (κ3) is 4.75. The van der Waals surface area contributed by atoms with Gasteiger partial charge < -0.3 is 0 Å². The maximum atomic E-state index is 11.2. The predicted octanol–water partition coefficient (Wildman–Crippen LogP) is -0.0625. The number of terminal acetylenes is 2. The summed E-state index contributed by atoms with van der Waals surface area (Å²) in [7, 11) is -9.00. The Labute approximate surface area is 101 Å². The Hall–Kier alpha value is -1.06. The minimum absolute atomic E-state index is 0.439. The Morgan fingerprint density at radius 3 is 1.65 bits per heavy atom. The second-order valence-corrected chi connectivity index (χ2v) is 6.84. The molecular formula is C9H12O6S2. The highest BCUT2D eigenvalue weighted by Crippen LogP contribution is 2.29. The Morgan fingerprint density at radius 2 is 1.41 bits per heavy atom. The fraction of sp³-hybridized carbons (Fsp3) is 0.556. The van der Waals surface area contributed by atoms with Crippen LogP contribution in [-0.2, 0) is 20.2 Å². The molecule has 8 heteroatoms. The lowest BCUT2D eigenvalue weighted by atomic mass is 9.98. The molecule has 0 fully saturated rings. The lowest BCUT2D eigenvalue weighted by Crippen LogP contribution is -2.39. The summed E-state index contributed by atoms with van der Waals surface area (Å²) in [6, 6.07) is 0. The summed E-state index contributed by atoms with van der Waals surface area (Å²) in [6.45, 7) is 0. The Balaban J connectivity index is 5.38. The predicted molar refractivity (Wildman–Crippen MR) is 62.2 cm³/mol. The van der Waals surface area contributed by atoms with Gasteiger partial charge in [-0.15, -0.1) is 24.7 Å². The molecule has 6 nitrogen and oxygen atoms in total. The summed E-state index contributed by atoms with van der Waals surface area (Å²) in [5, 5.41) is 0. The van der Waals surface area contributed by atoms with Crippen molar-refractivity contribution in [3.05, 3.63) is 0 Å². The first-order valence-electron chi connectivity index (χ1n) is 4.37. The minimum Gasteiger partial charge on any atom is -0.286 e. The van der Waals surface area contributed by atoms with Gasteiger partial charge in [-0.2, -0.15) is 16.8 Å². The average molecular weight is 280 g/mol. The van der Waals surface area contributed by atoms with E-state index in [0.717, 1.165) is 0 Å². The van der Waals surface area contributed by atoms with E-state index in [9.17, 15) is 16.8 Å². The second-order valence-electron chi connectivity index (χ2n) is 3.46. The van der Waals surface area contributed by atoms with E-state index in [1.807, 2.05) is 11.8 Å². The van der Waals surface area contributed by atoms with E-state index in [1.165, 1.54) is 0 Å². The molecule has 0 rings (SSSR count). The molecule has 0 aliphatic carbocycles. The first-order chi connectivity index (χ1) is 7.58. The minimum atomic E-state index is -4.63. The SMILES string of the molecule is C#CCC(CC#C)(CCS(=O)(=O)O)S(=O)(=O)O. The molecule has 0 atom stereocenters. The molecule has 0 spiro atoms. The molecule has 96 valence electrons. The summed E-state index contributed by atoms with van der Waals surface area (Å²) >= 11 is 0. The van der Waals surface area contributed by atoms with Crippen molar-refractivity contribution in [1.29, 1.82) is 0 Å². The van der Waals surface area contributed by atoms with Crippen molar-refractivity contribution in [2.45, 2.75) is 24.0 Å². The summed E-state index contributed by atoms with van der Waals surface area (Å²) < 4.78 is 59.4. The zero-order valence-corrected chi connectivity index (χ0v) is 10.5. The van der Waals surface area contributed by atoms with Gasteiger partial charge in [0.1, 0.15) is 4.75 Å². The number of rotatable bonds is 6. The molecule has 0 aromatic carbocycles. The molecule has 0 saturated heterocycles. The van der Waals surface area contributed by atoms with Crippen LogP contribution in [0.15, 0.2) is 0 Å². The average Bonchev–Trinajstić information content (AvgIpc) is 2.12. The van der Waals surface area contributed by atoms with E-state index < -0.39 is 50.0 Å². The van der Waals surface area contributed by atoms with Gasteiger partial charge >= 0.3 is 0 Å². The number of hydrogen-bond donors (Lipinski definition) is 2. The monoisotopic (exact) mass is 280 g/mol. The van der Waals surface area contributed by atoms with Crippen LogP contribution in [0, 0.1) is 24.7 Å². The molecule has 0 radical (unpaired) electrons. The van der Waals surface area contributed by atoms with Crippen molar-refractivity contribution in [1.82, 2.24) is 0 Å². The van der Waals surface area contributed by atoms with Crippen LogP contribution in [0.4, 0.5) is 0 Å². The zero-order chi connectivity index (χ0) is 13.7. The van der Waals surface area contributed by atoms with Crippen LogP contribution in [-0.4, -0.2) is 36.4 Å². The highest BCUT2D eigenvalue weighted by atomic mass is 32.2. The van der Waals surface area contributed by atoms with E-state index in [0.29, 0.717) is 0 Å². The van der Waals surface area contributed by atoms with Crippen molar-refractivity contribution in [3.8, 4) is 24.7 Å². The highest BCUT2D eigenvalue weighted by molar-refractivity contribution is 7.87. The van der Waals surface area contributed by atoms with Gasteiger partial charge in [-0.25, -0.2) is 0 Å². The molecular weight excluding hydrogens is 268 g/mol. The van der Waals surface area contributed by atoms with Gasteiger partial charge in [-0.05, 0) is 6.42 Å². The lowest BCUT2D eigenvalue weighted by Gasteiger charge is -2.26. The highest BCUT2D eigenvalue weighted by Gasteiger charge is 2.42. The normalized spacial score (nSPS) is 12.7. The van der Waals surface area contributed by atoms with Crippen LogP contribution >= 0.6 is 0 Å². The van der Waals surface area contributed by atoms with Crippen molar-refractivity contribution >= 4 is 20.2 Å². The van der Waals surface area contributed by atoms with Crippen LogP contribution in [0.3, 0.4) is 0 Å². The third-order valence-electron chi connectivity index (χ3n) is 2.21. The Bertz CT molecular complexity index is 527. The molecule has 2 N–H and O–H groups in total. The fourth-order valence-corrected chi connectivity index (χ4v) is 2.91. The van der Waals surface area contributed by atoms with Crippen LogP contribution in [0.25, 0.3) is 0 Å². The van der Waals surface area contributed by atoms with Gasteiger partial charge in [0.2, 0.25) is 0 Å². The Morgan fingerprint density at radius 1 is 1.00 bits per heavy atom. The summed E-state index contributed by atoms with van der Waals surface area (Å²) in [6.07, 6.45) is 8.50. The number of hydrogen-bond acceptors (Lipinski definition) is 4. The third-order valence-corrected chi connectivity index (χ3v) is 4.52. The molecule has 0 aromatic rings. The summed E-state index contributed by atoms with van der Waals surface area (Å²) in [5.74, 6) is 3.20. The topological polar surface area (TPSA) is 109 Å². The molecule has 0 amide bonds. The van der Waals surface area contributed by atoms with Crippen molar-refractivity contribution in [2.24, 2.45) is 0 Å². The first-order valence-corrected chi connectivity index (χ1v) is 7.42. The van der Waals surface area contributed by atoms with Crippen LogP contribution < -0.4 is 0 Å². The van der Waals surface area contributed by atoms with E-state index in [-0.39, 0.29) is 0 Å². The lowest BCUT2D eigenvalue weighted by molar-refractivity contribution is 0.413. The van der Waals surface area contributed by atoms with Crippen molar-refractivity contribution in [2.75, 3.05) is 5.75 Å². The van der Waals surface area contributed by atoms with Crippen LogP contribution in [0.5, 0.6) is 0 Å². The quantitative estimate of drug-likeness (QED) is 0.521. The van der Waals surface area contributed by atoms with E-state index in [1.54, 1.807) is 0 Å². The molecule has 0 heterocycles. The molecule has 0 aromatic heterocycles. The van der Waals surface area contributed by atoms with Gasteiger partial charge in [0.05, 0.1) is 5.75 Å². The van der Waals surface area contributed by atoms with Gasteiger partial charge in [-0.1, -0.05) is 0 Å². The van der Waals surface area contributed by atoms with Gasteiger partial charge in [0, 0.05) is 12.8 Å². The molecule has 0 bridgehead atoms. The van der Waals surface area contributed by atoms with Gasteiger partial charge in [0.15, 0.2) is 0 Å². The molecule has 0 unspecified atom stereocenters. The van der Waals surface area contributed by atoms with Crippen molar-refractivity contribution in [3.63, 3.8) is 0 Å². The van der Waals surface area contributed by atoms with E-state index >= 15 is 0 Å². The van der Waals surface area contributed by atoms with Gasteiger partial charge in [0.25, 0.3) is 20.2 Å². The smallest absolute Gasteiger partial charge is 0.272 e. The maximum Gasteiger partial charge on any atom is 0.272 e. The molecule has 17 heavy (non-hydrogen) atoms. The van der Waals surface area contributed by atoms with E-state index in [4.69, 9.17) is 22.0 Å². The molecule has 0 aliphatic heterocycles. The van der Waals surface area contributed by atoms with Crippen LogP contribution in [0.2, 0.25) is 0 Å². The molecule has 0 aliphatic rings. The van der Waals surface area contributed by atoms with Crippen LogP contribution in [0.1, 0.15) is 19.3 Å². The maximum absolute atomic E-state index is 11.2. The van der Waals surface area contributed by atoms with Crippen molar-refractivity contribution < 1.29 is 25.9 Å². The van der Waals surface area contributed by atoms with E-state index in [2.05, 4.69) is 0 Å². The summed E-state index contributed by atoms with van der Waals surface area (Å²) in [5.41, 5.74) is 0. The largest absolute Gasteiger partial charge is 0.286 e. The standard InChI is InChI=1S/C9H12O6S2/c1-3-5-9(6-4-2,17(13,14)15)7-8-16(10,11)12/h1-2H,5-8H2,(H,10,11,12)(H,13,14,15). The zero-order valence-electron chi connectivity index (χ0n) is 8.83.